The summed E-state index contributed by atoms with van der Waals surface area (Å²) in [6.07, 6.45) is 2.31. The Kier molecular flexibility index (Phi) is 5.55. The number of likely N-dealkylation sites (N-methyl/N-ethyl adjacent to an activating group) is 1. The second-order valence-electron chi connectivity index (χ2n) is 4.69. The molecule has 1 unspecified atom stereocenters. The van der Waals surface area contributed by atoms with Crippen LogP contribution < -0.4 is 10.1 Å². The van der Waals surface area contributed by atoms with Crippen molar-refractivity contribution in [3.8, 4) is 5.75 Å². The summed E-state index contributed by atoms with van der Waals surface area (Å²) in [5.41, 5.74) is 0. The number of nitrogens with zero attached hydrogens (tertiary/aromatic N) is 1. The summed E-state index contributed by atoms with van der Waals surface area (Å²) in [6.45, 7) is 4.91. The van der Waals surface area contributed by atoms with Crippen LogP contribution in [0.25, 0.3) is 0 Å². The van der Waals surface area contributed by atoms with Crippen LogP contribution >= 0.6 is 34.5 Å². The second-order valence-corrected chi connectivity index (χ2v) is 6.69. The van der Waals surface area contributed by atoms with Gasteiger partial charge in [0.25, 0.3) is 5.91 Å². The molecule has 20 heavy (non-hydrogen) atoms. The monoisotopic (exact) mass is 336 g/mol. The van der Waals surface area contributed by atoms with E-state index in [0.29, 0.717) is 32.6 Å². The summed E-state index contributed by atoms with van der Waals surface area (Å²) in [6, 6.07) is 0.417. The molecular formula is C13H18Cl2N2O2S. The Morgan fingerprint density at radius 1 is 1.55 bits per heavy atom. The van der Waals surface area contributed by atoms with E-state index >= 15 is 0 Å². The van der Waals surface area contributed by atoms with Gasteiger partial charge in [0, 0.05) is 12.6 Å². The molecule has 1 fully saturated rings. The first-order valence-corrected chi connectivity index (χ1v) is 8.19. The van der Waals surface area contributed by atoms with Crippen molar-refractivity contribution in [3.63, 3.8) is 0 Å². The predicted octanol–water partition coefficient (Wildman–Crippen LogP) is 3.28. The Morgan fingerprint density at radius 2 is 2.30 bits per heavy atom. The normalized spacial score (nSPS) is 19.3. The third-order valence-corrected chi connectivity index (χ3v) is 5.53. The number of likely N-dealkylation sites (tertiary alicyclic amines) is 1. The Balaban J connectivity index is 2.00. The van der Waals surface area contributed by atoms with Crippen LogP contribution in [0.2, 0.25) is 9.36 Å². The molecule has 4 nitrogen and oxygen atoms in total. The highest BCUT2D eigenvalue weighted by Gasteiger charge is 2.26. The minimum atomic E-state index is -0.177. The Labute approximate surface area is 133 Å². The first kappa shape index (κ1) is 15.9. The number of hydrogen-bond donors (Lipinski definition) is 1. The lowest BCUT2D eigenvalue weighted by Gasteiger charge is -2.22. The molecule has 1 atom stereocenters. The molecule has 1 amide bonds. The van der Waals surface area contributed by atoms with Gasteiger partial charge in [0.1, 0.15) is 14.2 Å². The third kappa shape index (κ3) is 3.22. The van der Waals surface area contributed by atoms with E-state index in [-0.39, 0.29) is 5.91 Å². The molecular weight excluding hydrogens is 319 g/mol. The van der Waals surface area contributed by atoms with Gasteiger partial charge in [-0.15, -0.1) is 11.3 Å². The number of thiophene rings is 1. The van der Waals surface area contributed by atoms with Crippen molar-refractivity contribution >= 4 is 40.4 Å². The van der Waals surface area contributed by atoms with Crippen LogP contribution in [0, 0.1) is 0 Å². The molecule has 0 saturated carbocycles. The summed E-state index contributed by atoms with van der Waals surface area (Å²) in [5, 5.41) is 3.26. The number of halogens is 2. The number of ether oxygens (including phenoxy) is 1. The van der Waals surface area contributed by atoms with Gasteiger partial charge in [-0.2, -0.15) is 0 Å². The molecule has 2 rings (SSSR count). The maximum Gasteiger partial charge on any atom is 0.265 e. The van der Waals surface area contributed by atoms with Gasteiger partial charge < -0.3 is 10.1 Å². The molecule has 7 heteroatoms. The highest BCUT2D eigenvalue weighted by Crippen LogP contribution is 2.42. The van der Waals surface area contributed by atoms with E-state index in [1.165, 1.54) is 13.5 Å². The molecule has 0 radical (unpaired) electrons. The smallest absolute Gasteiger partial charge is 0.265 e. The quantitative estimate of drug-likeness (QED) is 0.897. The van der Waals surface area contributed by atoms with Crippen LogP contribution in [0.4, 0.5) is 0 Å². The number of rotatable bonds is 5. The van der Waals surface area contributed by atoms with Crippen molar-refractivity contribution in [2.24, 2.45) is 0 Å². The van der Waals surface area contributed by atoms with Gasteiger partial charge in [0.2, 0.25) is 0 Å². The maximum atomic E-state index is 12.2. The summed E-state index contributed by atoms with van der Waals surface area (Å²) >= 11 is 13.1. The average molecular weight is 337 g/mol. The summed E-state index contributed by atoms with van der Waals surface area (Å²) in [7, 11) is 1.48. The summed E-state index contributed by atoms with van der Waals surface area (Å²) in [5.74, 6) is 0.182. The van der Waals surface area contributed by atoms with E-state index in [0.717, 1.165) is 30.8 Å². The van der Waals surface area contributed by atoms with Gasteiger partial charge in [0.15, 0.2) is 5.75 Å². The molecule has 0 aromatic carbocycles. The fraction of sp³-hybridized carbons (Fsp3) is 0.615. The van der Waals surface area contributed by atoms with Crippen molar-refractivity contribution in [2.45, 2.75) is 25.8 Å². The van der Waals surface area contributed by atoms with E-state index < -0.39 is 0 Å². The molecule has 1 saturated heterocycles. The number of methoxy groups -OCH3 is 1. The molecule has 0 spiro atoms. The Bertz CT molecular complexity index is 493. The van der Waals surface area contributed by atoms with Gasteiger partial charge in [-0.05, 0) is 25.9 Å². The molecule has 1 N–H and O–H groups in total. The lowest BCUT2D eigenvalue weighted by molar-refractivity contribution is 0.0943. The van der Waals surface area contributed by atoms with Crippen molar-refractivity contribution in [3.05, 3.63) is 14.2 Å². The van der Waals surface area contributed by atoms with E-state index in [1.54, 1.807) is 0 Å². The number of carbonyl (C=O) groups excluding carboxylic acids is 1. The van der Waals surface area contributed by atoms with Gasteiger partial charge >= 0.3 is 0 Å². The van der Waals surface area contributed by atoms with E-state index in [4.69, 9.17) is 27.9 Å². The van der Waals surface area contributed by atoms with Gasteiger partial charge in [-0.1, -0.05) is 30.1 Å². The molecule has 1 aromatic rings. The van der Waals surface area contributed by atoms with Gasteiger partial charge in [-0.3, -0.25) is 9.69 Å². The first-order chi connectivity index (χ1) is 9.58. The molecule has 0 bridgehead atoms. The SMILES string of the molecule is CCN1CCCC1CNC(=O)c1sc(Cl)c(Cl)c1OC. The standard InChI is InChI=1S/C13H18Cl2N2O2S/c1-3-17-6-4-5-8(17)7-16-13(18)11-10(19-2)9(14)12(15)20-11/h8H,3-7H2,1-2H3,(H,16,18). The summed E-state index contributed by atoms with van der Waals surface area (Å²) in [4.78, 5) is 15.0. The van der Waals surface area contributed by atoms with Crippen LogP contribution in [0.1, 0.15) is 29.4 Å². The number of carbonyl (C=O) groups is 1. The van der Waals surface area contributed by atoms with E-state index in [9.17, 15) is 4.79 Å². The van der Waals surface area contributed by atoms with Crippen molar-refractivity contribution in [1.29, 1.82) is 0 Å². The molecule has 2 heterocycles. The van der Waals surface area contributed by atoms with Crippen LogP contribution in [0.5, 0.6) is 5.75 Å². The predicted molar refractivity (Wildman–Crippen MR) is 83.5 cm³/mol. The van der Waals surface area contributed by atoms with Gasteiger partial charge in [0.05, 0.1) is 7.11 Å². The largest absolute Gasteiger partial charge is 0.493 e. The summed E-state index contributed by atoms with van der Waals surface area (Å²) < 4.78 is 5.53. The second kappa shape index (κ2) is 6.98. The van der Waals surface area contributed by atoms with Crippen molar-refractivity contribution in [1.82, 2.24) is 10.2 Å². The zero-order chi connectivity index (χ0) is 14.7. The zero-order valence-corrected chi connectivity index (χ0v) is 13.9. The number of hydrogen-bond acceptors (Lipinski definition) is 4. The van der Waals surface area contributed by atoms with Gasteiger partial charge in [-0.25, -0.2) is 0 Å². The lowest BCUT2D eigenvalue weighted by atomic mass is 10.2. The Morgan fingerprint density at radius 3 is 2.95 bits per heavy atom. The third-order valence-electron chi connectivity index (χ3n) is 3.58. The molecule has 1 aliphatic heterocycles. The number of nitrogens with one attached hydrogen (secondary N) is 1. The molecule has 1 aliphatic rings. The molecule has 112 valence electrons. The van der Waals surface area contributed by atoms with Crippen LogP contribution in [-0.2, 0) is 0 Å². The maximum absolute atomic E-state index is 12.2. The van der Waals surface area contributed by atoms with Crippen LogP contribution in [0.15, 0.2) is 0 Å². The topological polar surface area (TPSA) is 41.6 Å². The zero-order valence-electron chi connectivity index (χ0n) is 11.5. The molecule has 1 aromatic heterocycles. The van der Waals surface area contributed by atoms with Crippen LogP contribution in [0.3, 0.4) is 0 Å². The first-order valence-electron chi connectivity index (χ1n) is 6.62. The van der Waals surface area contributed by atoms with Crippen molar-refractivity contribution < 1.29 is 9.53 Å². The highest BCUT2D eigenvalue weighted by atomic mass is 35.5. The van der Waals surface area contributed by atoms with Crippen LogP contribution in [-0.4, -0.2) is 43.6 Å². The van der Waals surface area contributed by atoms with E-state index in [2.05, 4.69) is 17.1 Å². The van der Waals surface area contributed by atoms with Crippen molar-refractivity contribution in [2.75, 3.05) is 26.7 Å². The minimum absolute atomic E-state index is 0.177. The van der Waals surface area contributed by atoms with E-state index in [1.807, 2.05) is 0 Å². The fourth-order valence-corrected chi connectivity index (χ4v) is 4.00. The fourth-order valence-electron chi connectivity index (χ4n) is 2.53. The molecule has 0 aliphatic carbocycles. The highest BCUT2D eigenvalue weighted by molar-refractivity contribution is 7.19. The Hall–Kier alpha value is -0.490. The number of amides is 1. The average Bonchev–Trinajstić information content (AvgIpc) is 3.01. The minimum Gasteiger partial charge on any atom is -0.493 e. The lowest BCUT2D eigenvalue weighted by Crippen LogP contribution is -2.39.